The first-order chi connectivity index (χ1) is 8.74. The second-order valence-electron chi connectivity index (χ2n) is 4.29. The molecule has 3 nitrogen and oxygen atoms in total. The van der Waals surface area contributed by atoms with Gasteiger partial charge in [0.15, 0.2) is 5.11 Å². The fourth-order valence-electron chi connectivity index (χ4n) is 1.99. The van der Waals surface area contributed by atoms with Gasteiger partial charge in [-0.1, -0.05) is 18.9 Å². The van der Waals surface area contributed by atoms with Crippen LogP contribution in [0.25, 0.3) is 6.08 Å². The molecule has 0 bridgehead atoms. The third-order valence-electron chi connectivity index (χ3n) is 2.87. The van der Waals surface area contributed by atoms with Crippen LogP contribution in [-0.2, 0) is 4.79 Å². The molecule has 1 fully saturated rings. The average Bonchev–Trinajstić information content (AvgIpc) is 2.98. The van der Waals surface area contributed by atoms with Crippen LogP contribution in [0.1, 0.15) is 30.6 Å². The predicted octanol–water partition coefficient (Wildman–Crippen LogP) is 2.69. The molecule has 2 N–H and O–H groups in total. The van der Waals surface area contributed by atoms with Crippen molar-refractivity contribution >= 4 is 40.7 Å². The molecule has 0 aliphatic heterocycles. The van der Waals surface area contributed by atoms with Crippen molar-refractivity contribution in [3.05, 3.63) is 28.5 Å². The molecular weight excluding hydrogens is 264 g/mol. The van der Waals surface area contributed by atoms with Gasteiger partial charge < -0.3 is 5.32 Å². The summed E-state index contributed by atoms with van der Waals surface area (Å²) in [5.74, 6) is -0.182. The van der Waals surface area contributed by atoms with Gasteiger partial charge in [0.1, 0.15) is 0 Å². The molecule has 1 amide bonds. The van der Waals surface area contributed by atoms with Gasteiger partial charge in [0.2, 0.25) is 5.91 Å². The molecule has 1 heterocycles. The van der Waals surface area contributed by atoms with E-state index in [-0.39, 0.29) is 5.91 Å². The molecular formula is C13H16N2OS2. The summed E-state index contributed by atoms with van der Waals surface area (Å²) < 4.78 is 0. The lowest BCUT2D eigenvalue weighted by Crippen LogP contribution is -2.42. The minimum Gasteiger partial charge on any atom is -0.360 e. The average molecular weight is 280 g/mol. The molecule has 1 saturated carbocycles. The van der Waals surface area contributed by atoms with Crippen LogP contribution in [0.4, 0.5) is 0 Å². The lowest BCUT2D eigenvalue weighted by Gasteiger charge is -2.13. The first-order valence-electron chi connectivity index (χ1n) is 6.07. The Morgan fingerprint density at radius 2 is 2.22 bits per heavy atom. The van der Waals surface area contributed by atoms with E-state index in [0.29, 0.717) is 11.2 Å². The summed E-state index contributed by atoms with van der Waals surface area (Å²) in [6, 6.07) is 4.34. The van der Waals surface area contributed by atoms with E-state index in [1.807, 2.05) is 17.5 Å². The monoisotopic (exact) mass is 280 g/mol. The maximum atomic E-state index is 11.6. The van der Waals surface area contributed by atoms with Crippen LogP contribution in [0, 0.1) is 0 Å². The highest BCUT2D eigenvalue weighted by Crippen LogP contribution is 2.17. The van der Waals surface area contributed by atoms with Gasteiger partial charge >= 0.3 is 0 Å². The van der Waals surface area contributed by atoms with Gasteiger partial charge in [0.25, 0.3) is 0 Å². The molecule has 0 unspecified atom stereocenters. The van der Waals surface area contributed by atoms with Crippen LogP contribution in [0.15, 0.2) is 23.6 Å². The molecule has 0 spiro atoms. The molecule has 1 aromatic heterocycles. The van der Waals surface area contributed by atoms with Crippen LogP contribution in [0.2, 0.25) is 0 Å². The first kappa shape index (κ1) is 13.2. The van der Waals surface area contributed by atoms with Gasteiger partial charge in [-0.05, 0) is 42.6 Å². The molecule has 0 aromatic carbocycles. The van der Waals surface area contributed by atoms with Crippen molar-refractivity contribution in [2.75, 3.05) is 0 Å². The highest BCUT2D eigenvalue weighted by Gasteiger charge is 2.15. The zero-order chi connectivity index (χ0) is 12.8. The zero-order valence-corrected chi connectivity index (χ0v) is 11.7. The third-order valence-corrected chi connectivity index (χ3v) is 3.93. The van der Waals surface area contributed by atoms with E-state index < -0.39 is 0 Å². The SMILES string of the molecule is O=C(C=Cc1cccs1)NC(=S)NC1CCCC1. The van der Waals surface area contributed by atoms with E-state index in [4.69, 9.17) is 12.2 Å². The van der Waals surface area contributed by atoms with Gasteiger partial charge in [-0.2, -0.15) is 0 Å². The summed E-state index contributed by atoms with van der Waals surface area (Å²) in [6.45, 7) is 0. The normalized spacial score (nSPS) is 16.0. The molecule has 0 saturated heterocycles. The summed E-state index contributed by atoms with van der Waals surface area (Å²) >= 11 is 6.70. The Morgan fingerprint density at radius 3 is 2.89 bits per heavy atom. The van der Waals surface area contributed by atoms with E-state index >= 15 is 0 Å². The second kappa shape index (κ2) is 6.66. The molecule has 96 valence electrons. The van der Waals surface area contributed by atoms with E-state index in [2.05, 4.69) is 10.6 Å². The van der Waals surface area contributed by atoms with Gasteiger partial charge in [-0.15, -0.1) is 11.3 Å². The van der Waals surface area contributed by atoms with E-state index in [1.165, 1.54) is 18.9 Å². The largest absolute Gasteiger partial charge is 0.360 e. The lowest BCUT2D eigenvalue weighted by atomic mass is 10.3. The summed E-state index contributed by atoms with van der Waals surface area (Å²) in [5, 5.41) is 8.25. The predicted molar refractivity (Wildman–Crippen MR) is 79.5 cm³/mol. The van der Waals surface area contributed by atoms with Gasteiger partial charge in [0, 0.05) is 17.0 Å². The van der Waals surface area contributed by atoms with Crippen molar-refractivity contribution < 1.29 is 4.79 Å². The Kier molecular flexibility index (Phi) is 4.90. The Morgan fingerprint density at radius 1 is 1.44 bits per heavy atom. The number of carbonyl (C=O) groups is 1. The van der Waals surface area contributed by atoms with E-state index in [1.54, 1.807) is 17.4 Å². The summed E-state index contributed by atoms with van der Waals surface area (Å²) in [7, 11) is 0. The minimum atomic E-state index is -0.182. The third kappa shape index (κ3) is 4.23. The molecule has 1 aromatic rings. The van der Waals surface area contributed by atoms with Crippen molar-refractivity contribution in [1.29, 1.82) is 0 Å². The fraction of sp³-hybridized carbons (Fsp3) is 0.385. The van der Waals surface area contributed by atoms with Gasteiger partial charge in [0.05, 0.1) is 0 Å². The minimum absolute atomic E-state index is 0.182. The number of thiophene rings is 1. The van der Waals surface area contributed by atoms with Crippen LogP contribution >= 0.6 is 23.6 Å². The van der Waals surface area contributed by atoms with Crippen molar-refractivity contribution in [2.45, 2.75) is 31.7 Å². The topological polar surface area (TPSA) is 41.1 Å². The van der Waals surface area contributed by atoms with E-state index in [0.717, 1.165) is 17.7 Å². The molecule has 1 aliphatic carbocycles. The summed E-state index contributed by atoms with van der Waals surface area (Å²) in [6.07, 6.45) is 8.06. The van der Waals surface area contributed by atoms with Gasteiger partial charge in [-0.25, -0.2) is 0 Å². The fourth-order valence-corrected chi connectivity index (χ4v) is 2.87. The van der Waals surface area contributed by atoms with Gasteiger partial charge in [-0.3, -0.25) is 10.1 Å². The van der Waals surface area contributed by atoms with Crippen molar-refractivity contribution in [3.63, 3.8) is 0 Å². The summed E-state index contributed by atoms with van der Waals surface area (Å²) in [5.41, 5.74) is 0. The molecule has 2 rings (SSSR count). The highest BCUT2D eigenvalue weighted by molar-refractivity contribution is 7.80. The van der Waals surface area contributed by atoms with E-state index in [9.17, 15) is 4.79 Å². The molecule has 0 atom stereocenters. The van der Waals surface area contributed by atoms with Crippen LogP contribution in [0.5, 0.6) is 0 Å². The van der Waals surface area contributed by atoms with Crippen LogP contribution < -0.4 is 10.6 Å². The Balaban J connectivity index is 1.74. The van der Waals surface area contributed by atoms with Crippen molar-refractivity contribution in [1.82, 2.24) is 10.6 Å². The maximum absolute atomic E-state index is 11.6. The number of thiocarbonyl (C=S) groups is 1. The molecule has 0 radical (unpaired) electrons. The number of nitrogens with one attached hydrogen (secondary N) is 2. The molecule has 5 heteroatoms. The standard InChI is InChI=1S/C13H16N2OS2/c16-12(8-7-11-6-3-9-18-11)15-13(17)14-10-4-1-2-5-10/h3,6-10H,1-2,4-5H2,(H2,14,15,16,17). The first-order valence-corrected chi connectivity index (χ1v) is 7.36. The maximum Gasteiger partial charge on any atom is 0.250 e. The Hall–Kier alpha value is -1.20. The smallest absolute Gasteiger partial charge is 0.250 e. The van der Waals surface area contributed by atoms with Crippen LogP contribution in [0.3, 0.4) is 0 Å². The lowest BCUT2D eigenvalue weighted by molar-refractivity contribution is -0.115. The second-order valence-corrected chi connectivity index (χ2v) is 5.68. The van der Waals surface area contributed by atoms with Crippen molar-refractivity contribution in [2.24, 2.45) is 0 Å². The Labute approximate surface area is 116 Å². The van der Waals surface area contributed by atoms with Crippen molar-refractivity contribution in [3.8, 4) is 0 Å². The number of hydrogen-bond donors (Lipinski definition) is 2. The summed E-state index contributed by atoms with van der Waals surface area (Å²) in [4.78, 5) is 12.7. The molecule has 18 heavy (non-hydrogen) atoms. The number of rotatable bonds is 3. The Bertz CT molecular complexity index is 434. The highest BCUT2D eigenvalue weighted by atomic mass is 32.1. The van der Waals surface area contributed by atoms with Crippen LogP contribution in [-0.4, -0.2) is 17.1 Å². The molecule has 1 aliphatic rings. The number of hydrogen-bond acceptors (Lipinski definition) is 3. The number of amides is 1. The number of carbonyl (C=O) groups excluding carboxylic acids is 1. The quantitative estimate of drug-likeness (QED) is 0.661. The zero-order valence-electron chi connectivity index (χ0n) is 10.0.